The monoisotopic (exact) mass is 496 g/mol. The molecule has 3 aromatic carbocycles. The van der Waals surface area contributed by atoms with Gasteiger partial charge in [-0.2, -0.15) is 4.31 Å². The van der Waals surface area contributed by atoms with Gasteiger partial charge < -0.3 is 5.32 Å². The Bertz CT molecular complexity index is 1250. The first-order valence-corrected chi connectivity index (χ1v) is 13.4. The van der Waals surface area contributed by atoms with Crippen LogP contribution in [0.5, 0.6) is 0 Å². The minimum atomic E-state index is -3.70. The molecule has 1 unspecified atom stereocenters. The molecule has 34 heavy (non-hydrogen) atoms. The van der Waals surface area contributed by atoms with E-state index in [1.165, 1.54) is 22.5 Å². The second-order valence-corrected chi connectivity index (χ2v) is 11.0. The molecule has 0 saturated carbocycles. The van der Waals surface area contributed by atoms with Gasteiger partial charge in [0.15, 0.2) is 0 Å². The van der Waals surface area contributed by atoms with Crippen LogP contribution in [0.25, 0.3) is 0 Å². The van der Waals surface area contributed by atoms with Crippen molar-refractivity contribution >= 4 is 27.5 Å². The van der Waals surface area contributed by atoms with Crippen LogP contribution in [0, 0.1) is 6.92 Å². The zero-order valence-electron chi connectivity index (χ0n) is 19.2. The first-order chi connectivity index (χ1) is 16.4. The van der Waals surface area contributed by atoms with Crippen molar-refractivity contribution in [1.29, 1.82) is 0 Å². The van der Waals surface area contributed by atoms with E-state index in [1.807, 2.05) is 61.5 Å². The molecule has 1 N–H and O–H groups in total. The van der Waals surface area contributed by atoms with Crippen molar-refractivity contribution in [3.05, 3.63) is 100 Å². The van der Waals surface area contributed by atoms with Crippen molar-refractivity contribution < 1.29 is 13.2 Å². The number of nitrogens with one attached hydrogen (secondary N) is 1. The van der Waals surface area contributed by atoms with Crippen LogP contribution in [0.3, 0.4) is 0 Å². The molecular formula is C27H29ClN2O3S. The molecule has 3 aromatic rings. The number of hydrogen-bond acceptors (Lipinski definition) is 3. The molecule has 1 aliphatic heterocycles. The van der Waals surface area contributed by atoms with Gasteiger partial charge >= 0.3 is 0 Å². The molecule has 1 saturated heterocycles. The molecule has 1 fully saturated rings. The van der Waals surface area contributed by atoms with Crippen LogP contribution >= 0.6 is 11.6 Å². The fourth-order valence-corrected chi connectivity index (χ4v) is 6.12. The predicted molar refractivity (Wildman–Crippen MR) is 136 cm³/mol. The molecule has 0 aromatic heterocycles. The minimum Gasteiger partial charge on any atom is -0.341 e. The third-order valence-corrected chi connectivity index (χ3v) is 8.52. The van der Waals surface area contributed by atoms with Crippen LogP contribution in [0.15, 0.2) is 77.7 Å². The predicted octanol–water partition coefficient (Wildman–Crippen LogP) is 5.73. The van der Waals surface area contributed by atoms with E-state index in [0.717, 1.165) is 42.4 Å². The number of aryl methyl sites for hydroxylation is 1. The Morgan fingerprint density at radius 1 is 0.912 bits per heavy atom. The number of carbonyl (C=O) groups is 1. The average Bonchev–Trinajstić information content (AvgIpc) is 3.14. The first kappa shape index (κ1) is 24.5. The Morgan fingerprint density at radius 3 is 2.24 bits per heavy atom. The smallest absolute Gasteiger partial charge is 0.253 e. The van der Waals surface area contributed by atoms with E-state index < -0.39 is 22.0 Å². The molecule has 178 valence electrons. The zero-order valence-corrected chi connectivity index (χ0v) is 20.8. The molecule has 0 radical (unpaired) electrons. The third kappa shape index (κ3) is 5.35. The number of benzene rings is 3. The molecule has 4 rings (SSSR count). The Morgan fingerprint density at radius 2 is 1.56 bits per heavy atom. The van der Waals surface area contributed by atoms with E-state index in [-0.39, 0.29) is 15.5 Å². The summed E-state index contributed by atoms with van der Waals surface area (Å²) in [5.74, 6) is -0.421. The number of carbonyl (C=O) groups excluding carboxylic acids is 1. The molecule has 1 amide bonds. The molecule has 5 nitrogen and oxygen atoms in total. The summed E-state index contributed by atoms with van der Waals surface area (Å²) in [5, 5.41) is 3.30. The van der Waals surface area contributed by atoms with Gasteiger partial charge in [-0.05, 0) is 54.7 Å². The lowest BCUT2D eigenvalue weighted by molar-refractivity contribution is 0.0943. The van der Waals surface area contributed by atoms with Gasteiger partial charge in [-0.15, -0.1) is 0 Å². The van der Waals surface area contributed by atoms with E-state index in [0.29, 0.717) is 13.1 Å². The highest BCUT2D eigenvalue weighted by atomic mass is 35.5. The topological polar surface area (TPSA) is 66.5 Å². The van der Waals surface area contributed by atoms with Gasteiger partial charge in [0.05, 0.1) is 21.5 Å². The van der Waals surface area contributed by atoms with Gasteiger partial charge in [0.2, 0.25) is 10.0 Å². The molecule has 1 aliphatic rings. The molecule has 0 bridgehead atoms. The molecule has 0 aliphatic carbocycles. The van der Waals surface area contributed by atoms with Gasteiger partial charge in [0.25, 0.3) is 5.91 Å². The van der Waals surface area contributed by atoms with Crippen molar-refractivity contribution in [1.82, 2.24) is 9.62 Å². The summed E-state index contributed by atoms with van der Waals surface area (Å²) in [6, 6.07) is 21.5. The van der Waals surface area contributed by atoms with Crippen LogP contribution in [0.2, 0.25) is 5.02 Å². The second kappa shape index (κ2) is 10.7. The fraction of sp³-hybridized carbons (Fsp3) is 0.296. The molecular weight excluding hydrogens is 468 g/mol. The van der Waals surface area contributed by atoms with Crippen LogP contribution in [0.1, 0.15) is 58.8 Å². The summed E-state index contributed by atoms with van der Waals surface area (Å²) in [6.45, 7) is 2.99. The summed E-state index contributed by atoms with van der Waals surface area (Å²) >= 11 is 6.39. The van der Waals surface area contributed by atoms with E-state index in [9.17, 15) is 13.2 Å². The maximum Gasteiger partial charge on any atom is 0.253 e. The SMILES string of the molecule is Cc1ccccc1C(NC(=O)c1cc(S(=O)(=O)N2CCCCCC2)ccc1Cl)c1ccccc1. The first-order valence-electron chi connectivity index (χ1n) is 11.6. The molecule has 1 heterocycles. The number of hydrogen-bond donors (Lipinski definition) is 1. The second-order valence-electron chi connectivity index (χ2n) is 8.63. The van der Waals surface area contributed by atoms with Crippen molar-refractivity contribution in [3.8, 4) is 0 Å². The summed E-state index contributed by atoms with van der Waals surface area (Å²) in [4.78, 5) is 13.5. The maximum atomic E-state index is 13.4. The Hall–Kier alpha value is -2.67. The van der Waals surface area contributed by atoms with Gasteiger partial charge in [-0.25, -0.2) is 8.42 Å². The molecule has 1 atom stereocenters. The highest BCUT2D eigenvalue weighted by molar-refractivity contribution is 7.89. The van der Waals surface area contributed by atoms with Crippen LogP contribution < -0.4 is 5.32 Å². The molecule has 7 heteroatoms. The van der Waals surface area contributed by atoms with Gasteiger partial charge in [0.1, 0.15) is 0 Å². The number of sulfonamides is 1. The lowest BCUT2D eigenvalue weighted by Gasteiger charge is -2.23. The van der Waals surface area contributed by atoms with Crippen LogP contribution in [-0.2, 0) is 10.0 Å². The third-order valence-electron chi connectivity index (χ3n) is 6.29. The zero-order chi connectivity index (χ0) is 24.1. The lowest BCUT2D eigenvalue weighted by atomic mass is 9.94. The summed E-state index contributed by atoms with van der Waals surface area (Å²) < 4.78 is 28.1. The lowest BCUT2D eigenvalue weighted by Crippen LogP contribution is -2.33. The highest BCUT2D eigenvalue weighted by Crippen LogP contribution is 2.28. The Labute approximate surface area is 206 Å². The maximum absolute atomic E-state index is 13.4. The number of nitrogens with zero attached hydrogens (tertiary/aromatic N) is 1. The van der Waals surface area contributed by atoms with Gasteiger partial charge in [-0.3, -0.25) is 4.79 Å². The summed E-state index contributed by atoms with van der Waals surface area (Å²) in [6.07, 6.45) is 3.74. The normalized spacial score (nSPS) is 15.9. The quantitative estimate of drug-likeness (QED) is 0.473. The van der Waals surface area contributed by atoms with Gasteiger partial charge in [-0.1, -0.05) is 79.0 Å². The van der Waals surface area contributed by atoms with E-state index in [2.05, 4.69) is 5.32 Å². The summed E-state index contributed by atoms with van der Waals surface area (Å²) in [7, 11) is -3.70. The highest BCUT2D eigenvalue weighted by Gasteiger charge is 2.27. The van der Waals surface area contributed by atoms with Crippen molar-refractivity contribution in [3.63, 3.8) is 0 Å². The van der Waals surface area contributed by atoms with E-state index >= 15 is 0 Å². The number of rotatable bonds is 6. The molecule has 0 spiro atoms. The van der Waals surface area contributed by atoms with Crippen LogP contribution in [0.4, 0.5) is 0 Å². The number of amides is 1. The van der Waals surface area contributed by atoms with Crippen molar-refractivity contribution in [2.75, 3.05) is 13.1 Å². The van der Waals surface area contributed by atoms with E-state index in [1.54, 1.807) is 0 Å². The van der Waals surface area contributed by atoms with Crippen molar-refractivity contribution in [2.45, 2.75) is 43.5 Å². The average molecular weight is 497 g/mol. The van der Waals surface area contributed by atoms with Gasteiger partial charge in [0, 0.05) is 13.1 Å². The largest absolute Gasteiger partial charge is 0.341 e. The summed E-state index contributed by atoms with van der Waals surface area (Å²) in [5.41, 5.74) is 3.08. The fourth-order valence-electron chi connectivity index (χ4n) is 4.38. The Kier molecular flexibility index (Phi) is 7.71. The Balaban J connectivity index is 1.67. The number of halogens is 1. The standard InChI is InChI=1S/C27H29ClN2O3S/c1-20-11-7-8-14-23(20)26(21-12-5-4-6-13-21)29-27(31)24-19-22(15-16-25(24)28)34(32,33)30-17-9-2-3-10-18-30/h4-8,11-16,19,26H,2-3,9-10,17-18H2,1H3,(H,29,31). The minimum absolute atomic E-state index is 0.0936. The van der Waals surface area contributed by atoms with Crippen LogP contribution in [-0.4, -0.2) is 31.7 Å². The van der Waals surface area contributed by atoms with Crippen molar-refractivity contribution in [2.24, 2.45) is 0 Å². The van der Waals surface area contributed by atoms with E-state index in [4.69, 9.17) is 11.6 Å².